The lowest BCUT2D eigenvalue weighted by Gasteiger charge is -2.24. The lowest BCUT2D eigenvalue weighted by atomic mass is 9.96. The monoisotopic (exact) mass is 387 g/mol. The van der Waals surface area contributed by atoms with Gasteiger partial charge in [0.2, 0.25) is 5.91 Å². The summed E-state index contributed by atoms with van der Waals surface area (Å²) in [5.41, 5.74) is 1.57. The standard InChI is InChI=1S/C21H22ClNO4/c1-27-18-9-5-3-7-16(18)19(15-6-2-4-8-17(15)22)23-20(24)13-10-11-14(12-13)21(25)26/h2-9,13-14,19H,10-12H2,1H3,(H,23,24)(H,25,26)/t13-,14+,19?/m1/s1. The second kappa shape index (κ2) is 8.44. The molecule has 3 rings (SSSR count). The molecule has 0 spiro atoms. The summed E-state index contributed by atoms with van der Waals surface area (Å²) in [6, 6.07) is 14.3. The highest BCUT2D eigenvalue weighted by atomic mass is 35.5. The Labute approximate surface area is 163 Å². The van der Waals surface area contributed by atoms with Gasteiger partial charge >= 0.3 is 5.97 Å². The normalized spacial score (nSPS) is 20.1. The first-order chi connectivity index (χ1) is 13.0. The number of nitrogens with one attached hydrogen (secondary N) is 1. The Morgan fingerprint density at radius 1 is 1.07 bits per heavy atom. The van der Waals surface area contributed by atoms with Crippen LogP contribution in [0.5, 0.6) is 5.75 Å². The molecule has 1 unspecified atom stereocenters. The van der Waals surface area contributed by atoms with Crippen LogP contribution in [0.25, 0.3) is 0 Å². The van der Waals surface area contributed by atoms with Crippen molar-refractivity contribution in [2.45, 2.75) is 25.3 Å². The Kier molecular flexibility index (Phi) is 6.01. The van der Waals surface area contributed by atoms with E-state index in [4.69, 9.17) is 16.3 Å². The third kappa shape index (κ3) is 4.25. The Hall–Kier alpha value is -2.53. The van der Waals surface area contributed by atoms with Crippen LogP contribution in [0.3, 0.4) is 0 Å². The Morgan fingerprint density at radius 3 is 2.33 bits per heavy atom. The van der Waals surface area contributed by atoms with Crippen LogP contribution in [0, 0.1) is 11.8 Å². The minimum Gasteiger partial charge on any atom is -0.496 e. The molecular weight excluding hydrogens is 366 g/mol. The molecule has 142 valence electrons. The molecule has 1 saturated carbocycles. The molecule has 0 radical (unpaired) electrons. The van der Waals surface area contributed by atoms with E-state index in [1.807, 2.05) is 42.5 Å². The number of hydrogen-bond donors (Lipinski definition) is 2. The quantitative estimate of drug-likeness (QED) is 0.783. The number of methoxy groups -OCH3 is 1. The van der Waals surface area contributed by atoms with Gasteiger partial charge in [0.05, 0.1) is 19.1 Å². The minimum atomic E-state index is -0.835. The number of hydrogen-bond acceptors (Lipinski definition) is 3. The highest BCUT2D eigenvalue weighted by Crippen LogP contribution is 2.36. The van der Waals surface area contributed by atoms with Gasteiger partial charge in [0, 0.05) is 16.5 Å². The number of para-hydroxylation sites is 1. The van der Waals surface area contributed by atoms with Crippen LogP contribution in [-0.4, -0.2) is 24.1 Å². The highest BCUT2D eigenvalue weighted by Gasteiger charge is 2.35. The van der Waals surface area contributed by atoms with Crippen LogP contribution in [0.2, 0.25) is 5.02 Å². The van der Waals surface area contributed by atoms with E-state index in [2.05, 4.69) is 5.32 Å². The predicted octanol–water partition coefficient (Wildman–Crippen LogP) is 4.06. The highest BCUT2D eigenvalue weighted by molar-refractivity contribution is 6.31. The molecule has 2 aromatic carbocycles. The SMILES string of the molecule is COc1ccccc1C(NC(=O)[C@@H]1CC[C@H](C(=O)O)C1)c1ccccc1Cl. The number of aliphatic carboxylic acids is 1. The number of benzene rings is 2. The van der Waals surface area contributed by atoms with Crippen LogP contribution in [-0.2, 0) is 9.59 Å². The fourth-order valence-corrected chi connectivity index (χ4v) is 3.89. The van der Waals surface area contributed by atoms with Crippen LogP contribution in [0.4, 0.5) is 0 Å². The zero-order valence-electron chi connectivity index (χ0n) is 15.0. The van der Waals surface area contributed by atoms with Crippen molar-refractivity contribution in [1.82, 2.24) is 5.32 Å². The summed E-state index contributed by atoms with van der Waals surface area (Å²) in [5.74, 6) is -1.11. The molecule has 6 heteroatoms. The zero-order valence-corrected chi connectivity index (χ0v) is 15.8. The number of halogens is 1. The third-order valence-electron chi connectivity index (χ3n) is 5.11. The molecule has 3 atom stereocenters. The maximum Gasteiger partial charge on any atom is 0.306 e. The number of rotatable bonds is 6. The van der Waals surface area contributed by atoms with Crippen LogP contribution < -0.4 is 10.1 Å². The Balaban J connectivity index is 1.90. The predicted molar refractivity (Wildman–Crippen MR) is 103 cm³/mol. The van der Waals surface area contributed by atoms with Gasteiger partial charge < -0.3 is 15.2 Å². The maximum absolute atomic E-state index is 12.9. The molecule has 2 aromatic rings. The van der Waals surface area contributed by atoms with Crippen molar-refractivity contribution in [2.24, 2.45) is 11.8 Å². The van der Waals surface area contributed by atoms with E-state index in [-0.39, 0.29) is 11.8 Å². The number of amides is 1. The molecule has 0 bridgehead atoms. The van der Waals surface area contributed by atoms with E-state index < -0.39 is 17.9 Å². The van der Waals surface area contributed by atoms with Gasteiger partial charge in [-0.3, -0.25) is 9.59 Å². The zero-order chi connectivity index (χ0) is 19.4. The average molecular weight is 388 g/mol. The van der Waals surface area contributed by atoms with Gasteiger partial charge in [0.15, 0.2) is 0 Å². The molecule has 27 heavy (non-hydrogen) atoms. The topological polar surface area (TPSA) is 75.6 Å². The molecular formula is C21H22ClNO4. The second-order valence-electron chi connectivity index (χ2n) is 6.75. The molecule has 5 nitrogen and oxygen atoms in total. The summed E-state index contributed by atoms with van der Waals surface area (Å²) in [5, 5.41) is 12.8. The van der Waals surface area contributed by atoms with Gasteiger partial charge in [-0.1, -0.05) is 48.0 Å². The van der Waals surface area contributed by atoms with E-state index in [0.29, 0.717) is 30.0 Å². The fraction of sp³-hybridized carbons (Fsp3) is 0.333. The summed E-state index contributed by atoms with van der Waals surface area (Å²) in [6.45, 7) is 0. The summed E-state index contributed by atoms with van der Waals surface area (Å²) in [4.78, 5) is 24.1. The fourth-order valence-electron chi connectivity index (χ4n) is 3.64. The lowest BCUT2D eigenvalue weighted by Crippen LogP contribution is -2.34. The van der Waals surface area contributed by atoms with Crippen LogP contribution in [0.1, 0.15) is 36.4 Å². The van der Waals surface area contributed by atoms with Crippen molar-refractivity contribution >= 4 is 23.5 Å². The van der Waals surface area contributed by atoms with Crippen LogP contribution >= 0.6 is 11.6 Å². The average Bonchev–Trinajstić information content (AvgIpc) is 3.17. The van der Waals surface area contributed by atoms with Crippen molar-refractivity contribution in [3.05, 3.63) is 64.7 Å². The molecule has 1 aliphatic rings. The van der Waals surface area contributed by atoms with Gasteiger partial charge in [-0.2, -0.15) is 0 Å². The Morgan fingerprint density at radius 2 is 1.70 bits per heavy atom. The van der Waals surface area contributed by atoms with E-state index in [1.54, 1.807) is 13.2 Å². The third-order valence-corrected chi connectivity index (χ3v) is 5.45. The van der Waals surface area contributed by atoms with Gasteiger partial charge in [-0.05, 0) is 37.0 Å². The van der Waals surface area contributed by atoms with Gasteiger partial charge in [0.1, 0.15) is 5.75 Å². The number of carboxylic acids is 1. The molecule has 1 amide bonds. The first kappa shape index (κ1) is 19.2. The van der Waals surface area contributed by atoms with Crippen molar-refractivity contribution in [2.75, 3.05) is 7.11 Å². The largest absolute Gasteiger partial charge is 0.496 e. The van der Waals surface area contributed by atoms with E-state index in [1.165, 1.54) is 0 Å². The summed E-state index contributed by atoms with van der Waals surface area (Å²) < 4.78 is 5.47. The van der Waals surface area contributed by atoms with E-state index >= 15 is 0 Å². The van der Waals surface area contributed by atoms with Crippen molar-refractivity contribution in [3.63, 3.8) is 0 Å². The molecule has 0 aromatic heterocycles. The Bertz CT molecular complexity index is 838. The van der Waals surface area contributed by atoms with Gasteiger partial charge in [-0.15, -0.1) is 0 Å². The van der Waals surface area contributed by atoms with Gasteiger partial charge in [0.25, 0.3) is 0 Å². The second-order valence-corrected chi connectivity index (χ2v) is 7.16. The lowest BCUT2D eigenvalue weighted by molar-refractivity contribution is -0.141. The van der Waals surface area contributed by atoms with Crippen LogP contribution in [0.15, 0.2) is 48.5 Å². The first-order valence-corrected chi connectivity index (χ1v) is 9.29. The number of ether oxygens (including phenoxy) is 1. The molecule has 1 fully saturated rings. The molecule has 0 heterocycles. The summed E-state index contributed by atoms with van der Waals surface area (Å²) in [7, 11) is 1.58. The smallest absolute Gasteiger partial charge is 0.306 e. The number of carbonyl (C=O) groups excluding carboxylic acids is 1. The summed E-state index contributed by atoms with van der Waals surface area (Å²) >= 11 is 6.40. The van der Waals surface area contributed by atoms with E-state index in [0.717, 1.165) is 11.1 Å². The molecule has 0 aliphatic heterocycles. The van der Waals surface area contributed by atoms with Gasteiger partial charge in [-0.25, -0.2) is 0 Å². The van der Waals surface area contributed by atoms with E-state index in [9.17, 15) is 14.7 Å². The molecule has 0 saturated heterocycles. The first-order valence-electron chi connectivity index (χ1n) is 8.91. The minimum absolute atomic E-state index is 0.158. The summed E-state index contributed by atoms with van der Waals surface area (Å²) in [6.07, 6.45) is 1.46. The van der Waals surface area contributed by atoms with Crippen molar-refractivity contribution < 1.29 is 19.4 Å². The molecule has 1 aliphatic carbocycles. The van der Waals surface area contributed by atoms with Crippen molar-refractivity contribution in [1.29, 1.82) is 0 Å². The number of carbonyl (C=O) groups is 2. The molecule has 2 N–H and O–H groups in total. The maximum atomic E-state index is 12.9. The number of carboxylic acid groups (broad SMARTS) is 1. The van der Waals surface area contributed by atoms with Crippen molar-refractivity contribution in [3.8, 4) is 5.75 Å².